The molecule has 0 unspecified atom stereocenters. The fourth-order valence-corrected chi connectivity index (χ4v) is 2.68. The fraction of sp³-hybridized carbons (Fsp3) is 1.00. The van der Waals surface area contributed by atoms with E-state index in [1.54, 1.807) is 0 Å². The zero-order valence-corrected chi connectivity index (χ0v) is 6.42. The molecule has 0 aromatic rings. The predicted molar refractivity (Wildman–Crippen MR) is 40.7 cm³/mol. The molecule has 2 rings (SSSR count). The van der Waals surface area contributed by atoms with Gasteiger partial charge >= 0.3 is 0 Å². The van der Waals surface area contributed by atoms with E-state index in [9.17, 15) is 5.11 Å². The van der Waals surface area contributed by atoms with E-state index in [2.05, 4.69) is 0 Å². The van der Waals surface area contributed by atoms with Crippen LogP contribution in [0.3, 0.4) is 0 Å². The van der Waals surface area contributed by atoms with Crippen molar-refractivity contribution < 1.29 is 5.11 Å². The van der Waals surface area contributed by atoms with Crippen molar-refractivity contribution in [1.29, 1.82) is 0 Å². The van der Waals surface area contributed by atoms with Crippen LogP contribution in [0.2, 0.25) is 0 Å². The summed E-state index contributed by atoms with van der Waals surface area (Å²) in [6, 6.07) is 0. The minimum atomic E-state index is 0.0411. The third kappa shape index (κ3) is 1.07. The van der Waals surface area contributed by atoms with Gasteiger partial charge in [-0.2, -0.15) is 0 Å². The van der Waals surface area contributed by atoms with Crippen molar-refractivity contribution in [2.75, 3.05) is 0 Å². The molecule has 0 aromatic heterocycles. The quantitative estimate of drug-likeness (QED) is 0.545. The maximum atomic E-state index is 9.36. The van der Waals surface area contributed by atoms with Crippen LogP contribution < -0.4 is 0 Å². The van der Waals surface area contributed by atoms with Crippen molar-refractivity contribution in [1.82, 2.24) is 0 Å². The summed E-state index contributed by atoms with van der Waals surface area (Å²) in [5.41, 5.74) is 0. The normalized spacial score (nSPS) is 47.1. The average molecular weight is 140 g/mol. The number of fused-ring (bicyclic) bond motifs is 1. The molecule has 0 aromatic carbocycles. The topological polar surface area (TPSA) is 20.2 Å². The average Bonchev–Trinajstić information content (AvgIpc) is 2.33. The van der Waals surface area contributed by atoms with Crippen LogP contribution in [0.25, 0.3) is 0 Å². The summed E-state index contributed by atoms with van der Waals surface area (Å²) in [5, 5.41) is 9.36. The van der Waals surface area contributed by atoms with Crippen molar-refractivity contribution in [2.45, 2.75) is 44.6 Å². The molecule has 1 nitrogen and oxygen atoms in total. The Morgan fingerprint density at radius 1 is 0.900 bits per heavy atom. The van der Waals surface area contributed by atoms with Crippen LogP contribution in [0.4, 0.5) is 0 Å². The summed E-state index contributed by atoms with van der Waals surface area (Å²) in [5.74, 6) is 1.88. The maximum absolute atomic E-state index is 9.36. The molecule has 2 aliphatic rings. The van der Waals surface area contributed by atoms with E-state index in [-0.39, 0.29) is 6.10 Å². The first kappa shape index (κ1) is 6.66. The molecule has 1 N–H and O–H groups in total. The molecule has 0 radical (unpaired) electrons. The van der Waals surface area contributed by atoms with Crippen LogP contribution in [0.5, 0.6) is 0 Å². The lowest BCUT2D eigenvalue weighted by atomic mass is 9.80. The molecular weight excluding hydrogens is 124 g/mol. The van der Waals surface area contributed by atoms with Gasteiger partial charge in [-0.15, -0.1) is 0 Å². The van der Waals surface area contributed by atoms with Crippen molar-refractivity contribution in [3.8, 4) is 0 Å². The summed E-state index contributed by atoms with van der Waals surface area (Å²) >= 11 is 0. The Hall–Kier alpha value is -0.0400. The Kier molecular flexibility index (Phi) is 1.69. The molecule has 1 heteroatoms. The van der Waals surface area contributed by atoms with Gasteiger partial charge in [0.2, 0.25) is 0 Å². The lowest BCUT2D eigenvalue weighted by Crippen LogP contribution is -2.23. The summed E-state index contributed by atoms with van der Waals surface area (Å²) < 4.78 is 0. The van der Waals surface area contributed by atoms with Gasteiger partial charge in [0.15, 0.2) is 0 Å². The van der Waals surface area contributed by atoms with Gasteiger partial charge in [-0.1, -0.05) is 19.3 Å². The summed E-state index contributed by atoms with van der Waals surface area (Å²) in [4.78, 5) is 0. The van der Waals surface area contributed by atoms with Gasteiger partial charge in [0.05, 0.1) is 6.10 Å². The van der Waals surface area contributed by atoms with Crippen LogP contribution in [-0.4, -0.2) is 11.2 Å². The Morgan fingerprint density at radius 3 is 2.60 bits per heavy atom. The van der Waals surface area contributed by atoms with E-state index >= 15 is 0 Å². The van der Waals surface area contributed by atoms with Gasteiger partial charge in [0, 0.05) is 0 Å². The first-order valence-corrected chi connectivity index (χ1v) is 4.54. The summed E-state index contributed by atoms with van der Waals surface area (Å²) in [7, 11) is 0. The molecule has 0 spiro atoms. The monoisotopic (exact) mass is 140 g/mol. The maximum Gasteiger partial charge on any atom is 0.0543 e. The lowest BCUT2D eigenvalue weighted by Gasteiger charge is -2.28. The molecule has 2 aliphatic carbocycles. The van der Waals surface area contributed by atoms with Gasteiger partial charge < -0.3 is 5.11 Å². The predicted octanol–water partition coefficient (Wildman–Crippen LogP) is 1.95. The lowest BCUT2D eigenvalue weighted by molar-refractivity contribution is 0.0806. The van der Waals surface area contributed by atoms with Gasteiger partial charge in [-0.05, 0) is 31.1 Å². The molecule has 2 saturated carbocycles. The zero-order chi connectivity index (χ0) is 6.97. The molecule has 10 heavy (non-hydrogen) atoms. The van der Waals surface area contributed by atoms with E-state index in [1.165, 1.54) is 25.7 Å². The molecule has 2 fully saturated rings. The summed E-state index contributed by atoms with van der Waals surface area (Å²) in [6.07, 6.45) is 7.76. The second kappa shape index (κ2) is 2.54. The Labute approximate surface area is 62.4 Å². The highest BCUT2D eigenvalue weighted by atomic mass is 16.3. The Morgan fingerprint density at radius 2 is 1.70 bits per heavy atom. The molecule has 3 atom stereocenters. The SMILES string of the molecule is O[C@H]1CC[C@H]2CCC[C@H]2C1. The van der Waals surface area contributed by atoms with Crippen LogP contribution in [-0.2, 0) is 0 Å². The Bertz CT molecular complexity index is 122. The van der Waals surface area contributed by atoms with Gasteiger partial charge in [0.1, 0.15) is 0 Å². The molecule has 0 saturated heterocycles. The number of rotatable bonds is 0. The number of aliphatic hydroxyl groups is 1. The third-order valence-electron chi connectivity index (χ3n) is 3.26. The minimum absolute atomic E-state index is 0.0411. The second-order valence-corrected chi connectivity index (χ2v) is 3.92. The van der Waals surface area contributed by atoms with Gasteiger partial charge in [-0.25, -0.2) is 0 Å². The van der Waals surface area contributed by atoms with Gasteiger partial charge in [0.25, 0.3) is 0 Å². The minimum Gasteiger partial charge on any atom is -0.393 e. The standard InChI is InChI=1S/C9H16O/c10-9-5-4-7-2-1-3-8(7)6-9/h7-10H,1-6H2/t7-,8+,9+/m1/s1. The van der Waals surface area contributed by atoms with Crippen LogP contribution in [0.1, 0.15) is 38.5 Å². The van der Waals surface area contributed by atoms with E-state index in [1.807, 2.05) is 0 Å². The smallest absolute Gasteiger partial charge is 0.0543 e. The van der Waals surface area contributed by atoms with Crippen molar-refractivity contribution in [3.05, 3.63) is 0 Å². The zero-order valence-electron chi connectivity index (χ0n) is 6.42. The van der Waals surface area contributed by atoms with Crippen LogP contribution in [0, 0.1) is 11.8 Å². The largest absolute Gasteiger partial charge is 0.393 e. The molecular formula is C9H16O. The highest BCUT2D eigenvalue weighted by Gasteiger charge is 2.32. The highest BCUT2D eigenvalue weighted by molar-refractivity contribution is 4.84. The van der Waals surface area contributed by atoms with E-state index in [0.29, 0.717) is 0 Å². The number of aliphatic hydroxyl groups excluding tert-OH is 1. The van der Waals surface area contributed by atoms with Gasteiger partial charge in [-0.3, -0.25) is 0 Å². The Balaban J connectivity index is 1.96. The van der Waals surface area contributed by atoms with E-state index in [0.717, 1.165) is 24.7 Å². The van der Waals surface area contributed by atoms with E-state index < -0.39 is 0 Å². The molecule has 0 aliphatic heterocycles. The molecule has 58 valence electrons. The molecule has 0 bridgehead atoms. The first-order valence-electron chi connectivity index (χ1n) is 4.54. The molecule has 0 amide bonds. The van der Waals surface area contributed by atoms with Crippen molar-refractivity contribution in [2.24, 2.45) is 11.8 Å². The van der Waals surface area contributed by atoms with Crippen molar-refractivity contribution in [3.63, 3.8) is 0 Å². The number of hydrogen-bond acceptors (Lipinski definition) is 1. The third-order valence-corrected chi connectivity index (χ3v) is 3.26. The van der Waals surface area contributed by atoms with Crippen molar-refractivity contribution >= 4 is 0 Å². The summed E-state index contributed by atoms with van der Waals surface area (Å²) in [6.45, 7) is 0. The van der Waals surface area contributed by atoms with Crippen LogP contribution >= 0.6 is 0 Å². The molecule has 0 heterocycles. The first-order chi connectivity index (χ1) is 4.86. The fourth-order valence-electron chi connectivity index (χ4n) is 2.68. The van der Waals surface area contributed by atoms with E-state index in [4.69, 9.17) is 0 Å². The number of hydrogen-bond donors (Lipinski definition) is 1. The van der Waals surface area contributed by atoms with Crippen LogP contribution in [0.15, 0.2) is 0 Å². The second-order valence-electron chi connectivity index (χ2n) is 3.92. The highest BCUT2D eigenvalue weighted by Crippen LogP contribution is 2.41.